The first-order valence-electron chi connectivity index (χ1n) is 7.66. The first-order chi connectivity index (χ1) is 11.5. The number of nitrogens with two attached hydrogens (primary N) is 1. The lowest BCUT2D eigenvalue weighted by molar-refractivity contribution is -0.383. The number of primary amides is 1. The lowest BCUT2D eigenvalue weighted by Crippen LogP contribution is -2.46. The monoisotopic (exact) mass is 330 g/mol. The van der Waals surface area contributed by atoms with Gasteiger partial charge in [0.25, 0.3) is 5.69 Å². The minimum absolute atomic E-state index is 0.000620. The van der Waals surface area contributed by atoms with Crippen molar-refractivity contribution in [1.29, 1.82) is 0 Å². The Balaban J connectivity index is 1.92. The van der Waals surface area contributed by atoms with Crippen molar-refractivity contribution in [2.75, 3.05) is 25.1 Å². The molecular formula is C16H18N4O4. The summed E-state index contributed by atoms with van der Waals surface area (Å²) in [4.78, 5) is 26.6. The lowest BCUT2D eigenvalue weighted by atomic mass is 9.79. The fourth-order valence-electron chi connectivity index (χ4n) is 3.03. The number of amides is 1. The number of benzene rings is 1. The van der Waals surface area contributed by atoms with E-state index in [1.807, 2.05) is 0 Å². The zero-order valence-electron chi connectivity index (χ0n) is 13.0. The summed E-state index contributed by atoms with van der Waals surface area (Å²) in [6, 6.07) is 4.80. The molecule has 1 aromatic carbocycles. The summed E-state index contributed by atoms with van der Waals surface area (Å²) < 4.78 is 5.32. The van der Waals surface area contributed by atoms with E-state index in [9.17, 15) is 14.9 Å². The molecule has 1 aliphatic heterocycles. The van der Waals surface area contributed by atoms with Crippen molar-refractivity contribution < 1.29 is 14.5 Å². The Hall–Kier alpha value is -2.74. The van der Waals surface area contributed by atoms with Crippen LogP contribution in [0.4, 0.5) is 11.4 Å². The number of ether oxygens (including phenoxy) is 1. The molecule has 3 N–H and O–H groups in total. The molecule has 24 heavy (non-hydrogen) atoms. The van der Waals surface area contributed by atoms with Gasteiger partial charge in [-0.3, -0.25) is 19.9 Å². The van der Waals surface area contributed by atoms with Gasteiger partial charge >= 0.3 is 0 Å². The van der Waals surface area contributed by atoms with Crippen LogP contribution in [-0.2, 0) is 9.53 Å². The molecule has 1 amide bonds. The second-order valence-electron chi connectivity index (χ2n) is 5.92. The van der Waals surface area contributed by atoms with Crippen molar-refractivity contribution >= 4 is 28.1 Å². The fourth-order valence-corrected chi connectivity index (χ4v) is 3.03. The molecule has 0 spiro atoms. The predicted octanol–water partition coefficient (Wildman–Crippen LogP) is 1.84. The molecule has 1 fully saturated rings. The molecular weight excluding hydrogens is 312 g/mol. The summed E-state index contributed by atoms with van der Waals surface area (Å²) in [7, 11) is 0. The van der Waals surface area contributed by atoms with Gasteiger partial charge in [0.05, 0.1) is 15.7 Å². The van der Waals surface area contributed by atoms with Gasteiger partial charge in [0, 0.05) is 49.3 Å². The van der Waals surface area contributed by atoms with Crippen molar-refractivity contribution in [3.63, 3.8) is 0 Å². The second-order valence-corrected chi connectivity index (χ2v) is 5.92. The summed E-state index contributed by atoms with van der Waals surface area (Å²) in [6.45, 7) is 1.35. The number of hydrogen-bond acceptors (Lipinski definition) is 6. The van der Waals surface area contributed by atoms with Crippen LogP contribution in [0.1, 0.15) is 12.8 Å². The first-order valence-corrected chi connectivity index (χ1v) is 7.66. The van der Waals surface area contributed by atoms with Crippen molar-refractivity contribution in [2.45, 2.75) is 12.8 Å². The quantitative estimate of drug-likeness (QED) is 0.637. The molecule has 1 aliphatic rings. The minimum Gasteiger partial charge on any atom is -0.383 e. The number of hydrogen-bond donors (Lipinski definition) is 2. The SMILES string of the molecule is NC(=O)C1(CNc2ccc([N+](=O)[O-])c3cnccc23)CCOCC1. The van der Waals surface area contributed by atoms with E-state index in [1.165, 1.54) is 12.3 Å². The maximum Gasteiger partial charge on any atom is 0.278 e. The zero-order chi connectivity index (χ0) is 17.2. The number of anilines is 1. The third-order valence-corrected chi connectivity index (χ3v) is 4.58. The van der Waals surface area contributed by atoms with Crippen molar-refractivity contribution in [3.8, 4) is 0 Å². The summed E-state index contributed by atoms with van der Waals surface area (Å²) >= 11 is 0. The van der Waals surface area contributed by atoms with Gasteiger partial charge in [0.2, 0.25) is 5.91 Å². The van der Waals surface area contributed by atoms with Crippen LogP contribution in [-0.4, -0.2) is 35.6 Å². The molecule has 8 nitrogen and oxygen atoms in total. The smallest absolute Gasteiger partial charge is 0.278 e. The molecule has 2 heterocycles. The maximum atomic E-state index is 11.9. The Morgan fingerprint density at radius 2 is 2.08 bits per heavy atom. The largest absolute Gasteiger partial charge is 0.383 e. The van der Waals surface area contributed by atoms with Gasteiger partial charge in [-0.2, -0.15) is 0 Å². The van der Waals surface area contributed by atoms with E-state index in [1.54, 1.807) is 18.3 Å². The van der Waals surface area contributed by atoms with Gasteiger partial charge < -0.3 is 15.8 Å². The highest BCUT2D eigenvalue weighted by atomic mass is 16.6. The molecule has 126 valence electrons. The molecule has 0 atom stereocenters. The highest BCUT2D eigenvalue weighted by Gasteiger charge is 2.38. The molecule has 0 radical (unpaired) electrons. The zero-order valence-corrected chi connectivity index (χ0v) is 13.0. The molecule has 1 aromatic heterocycles. The van der Waals surface area contributed by atoms with Gasteiger partial charge in [-0.05, 0) is 25.0 Å². The highest BCUT2D eigenvalue weighted by molar-refractivity contribution is 5.99. The molecule has 0 unspecified atom stereocenters. The van der Waals surface area contributed by atoms with E-state index in [-0.39, 0.29) is 11.6 Å². The number of aromatic nitrogens is 1. The van der Waals surface area contributed by atoms with Crippen LogP contribution in [0.25, 0.3) is 10.8 Å². The number of nitrogens with one attached hydrogen (secondary N) is 1. The summed E-state index contributed by atoms with van der Waals surface area (Å²) in [5.41, 5.74) is 5.65. The van der Waals surface area contributed by atoms with Gasteiger partial charge in [0.1, 0.15) is 0 Å². The number of non-ortho nitro benzene ring substituents is 1. The third kappa shape index (κ3) is 2.88. The van der Waals surface area contributed by atoms with Gasteiger partial charge in [-0.25, -0.2) is 0 Å². The second kappa shape index (κ2) is 6.40. The van der Waals surface area contributed by atoms with Crippen LogP contribution >= 0.6 is 0 Å². The highest BCUT2D eigenvalue weighted by Crippen LogP contribution is 2.34. The van der Waals surface area contributed by atoms with Crippen LogP contribution in [0, 0.1) is 15.5 Å². The van der Waals surface area contributed by atoms with Crippen LogP contribution in [0.5, 0.6) is 0 Å². The van der Waals surface area contributed by atoms with Gasteiger partial charge in [0.15, 0.2) is 0 Å². The average Bonchev–Trinajstić information content (AvgIpc) is 2.60. The van der Waals surface area contributed by atoms with Crippen molar-refractivity contribution in [1.82, 2.24) is 4.98 Å². The summed E-state index contributed by atoms with van der Waals surface area (Å²) in [5, 5.41) is 15.5. The number of carbonyl (C=O) groups excluding carboxylic acids is 1. The molecule has 0 saturated carbocycles. The Labute approximate surface area is 138 Å². The normalized spacial score (nSPS) is 16.7. The molecule has 1 saturated heterocycles. The number of nitrogens with zero attached hydrogens (tertiary/aromatic N) is 2. The summed E-state index contributed by atoms with van der Waals surface area (Å²) in [6.07, 6.45) is 4.16. The Morgan fingerprint density at radius 3 is 2.75 bits per heavy atom. The molecule has 0 bridgehead atoms. The number of rotatable bonds is 5. The third-order valence-electron chi connectivity index (χ3n) is 4.58. The van der Waals surface area contributed by atoms with Crippen molar-refractivity contribution in [3.05, 3.63) is 40.7 Å². The van der Waals surface area contributed by atoms with E-state index in [2.05, 4.69) is 10.3 Å². The molecule has 0 aliphatic carbocycles. The Bertz CT molecular complexity index is 787. The molecule has 8 heteroatoms. The minimum atomic E-state index is -0.667. The van der Waals surface area contributed by atoms with Gasteiger partial charge in [-0.15, -0.1) is 0 Å². The Morgan fingerprint density at radius 1 is 1.33 bits per heavy atom. The summed E-state index contributed by atoms with van der Waals surface area (Å²) in [5.74, 6) is -0.355. The van der Waals surface area contributed by atoms with E-state index < -0.39 is 10.3 Å². The molecule has 3 rings (SSSR count). The van der Waals surface area contributed by atoms with Gasteiger partial charge in [-0.1, -0.05) is 0 Å². The first kappa shape index (κ1) is 16.1. The maximum absolute atomic E-state index is 11.9. The number of fused-ring (bicyclic) bond motifs is 1. The van der Waals surface area contributed by atoms with Crippen LogP contribution in [0.3, 0.4) is 0 Å². The van der Waals surface area contributed by atoms with E-state index in [0.29, 0.717) is 49.1 Å². The number of pyridine rings is 1. The van der Waals surface area contributed by atoms with Crippen LogP contribution in [0.2, 0.25) is 0 Å². The lowest BCUT2D eigenvalue weighted by Gasteiger charge is -2.34. The average molecular weight is 330 g/mol. The topological polar surface area (TPSA) is 120 Å². The predicted molar refractivity (Wildman–Crippen MR) is 88.6 cm³/mol. The van der Waals surface area contributed by atoms with E-state index in [4.69, 9.17) is 10.5 Å². The number of nitro groups is 1. The Kier molecular flexibility index (Phi) is 4.30. The van der Waals surface area contributed by atoms with Crippen LogP contribution in [0.15, 0.2) is 30.6 Å². The van der Waals surface area contributed by atoms with Crippen molar-refractivity contribution in [2.24, 2.45) is 11.1 Å². The van der Waals surface area contributed by atoms with E-state index >= 15 is 0 Å². The molecule has 2 aromatic rings. The standard InChI is InChI=1S/C16H18N4O4/c17-15(21)16(4-7-24-8-5-16)10-19-13-1-2-14(20(22)23)12-9-18-6-3-11(12)13/h1-3,6,9,19H,4-5,7-8,10H2,(H2,17,21). The fraction of sp³-hybridized carbons (Fsp3) is 0.375. The van der Waals surface area contributed by atoms with Crippen LogP contribution < -0.4 is 11.1 Å². The van der Waals surface area contributed by atoms with E-state index in [0.717, 1.165) is 0 Å². The number of carbonyl (C=O) groups is 1. The number of nitro benzene ring substituents is 1.